The number of hydrogen-bond acceptors (Lipinski definition) is 2. The van der Waals surface area contributed by atoms with Gasteiger partial charge < -0.3 is 9.88 Å². The highest BCUT2D eigenvalue weighted by atomic mass is 16.1. The van der Waals surface area contributed by atoms with Gasteiger partial charge in [-0.2, -0.15) is 0 Å². The Balaban J connectivity index is 1.93. The number of aromatic nitrogens is 2. The molecule has 0 unspecified atom stereocenters. The number of benzene rings is 2. The Morgan fingerprint density at radius 3 is 2.81 bits per heavy atom. The fourth-order valence-corrected chi connectivity index (χ4v) is 2.35. The van der Waals surface area contributed by atoms with Crippen molar-refractivity contribution in [3.8, 4) is 0 Å². The van der Waals surface area contributed by atoms with Gasteiger partial charge in [-0.1, -0.05) is 12.1 Å². The van der Waals surface area contributed by atoms with Gasteiger partial charge in [0.2, 0.25) is 0 Å². The summed E-state index contributed by atoms with van der Waals surface area (Å²) < 4.78 is 1.91. The average molecular weight is 279 g/mol. The first-order chi connectivity index (χ1) is 10.1. The van der Waals surface area contributed by atoms with Crippen molar-refractivity contribution in [3.63, 3.8) is 0 Å². The second kappa shape index (κ2) is 5.05. The van der Waals surface area contributed by atoms with E-state index in [2.05, 4.69) is 10.3 Å². The van der Waals surface area contributed by atoms with Crippen LogP contribution in [0, 0.1) is 13.8 Å². The van der Waals surface area contributed by atoms with Crippen molar-refractivity contribution in [3.05, 3.63) is 59.4 Å². The van der Waals surface area contributed by atoms with Crippen LogP contribution in [0.1, 0.15) is 21.5 Å². The molecule has 1 amide bonds. The predicted molar refractivity (Wildman–Crippen MR) is 84.6 cm³/mol. The summed E-state index contributed by atoms with van der Waals surface area (Å²) in [7, 11) is 1.92. The number of nitrogens with one attached hydrogen (secondary N) is 1. The molecule has 0 atom stereocenters. The molecule has 0 bridgehead atoms. The number of hydrogen-bond donors (Lipinski definition) is 1. The molecule has 106 valence electrons. The SMILES string of the molecule is Cc1cccc(NC(=O)c2ccc3ncn(C)c3c2)c1C. The number of anilines is 1. The van der Waals surface area contributed by atoms with Crippen LogP contribution in [0.2, 0.25) is 0 Å². The molecule has 0 aliphatic heterocycles. The molecular formula is C17H17N3O. The van der Waals surface area contributed by atoms with E-state index >= 15 is 0 Å². The monoisotopic (exact) mass is 279 g/mol. The normalized spacial score (nSPS) is 10.8. The zero-order valence-corrected chi connectivity index (χ0v) is 12.3. The van der Waals surface area contributed by atoms with Crippen molar-refractivity contribution in [2.75, 3.05) is 5.32 Å². The average Bonchev–Trinajstić information content (AvgIpc) is 2.85. The van der Waals surface area contributed by atoms with Crippen LogP contribution in [0.15, 0.2) is 42.7 Å². The van der Waals surface area contributed by atoms with Gasteiger partial charge in [-0.25, -0.2) is 4.98 Å². The van der Waals surface area contributed by atoms with Crippen LogP contribution >= 0.6 is 0 Å². The first-order valence-electron chi connectivity index (χ1n) is 6.85. The number of carbonyl (C=O) groups excluding carboxylic acids is 1. The van der Waals surface area contributed by atoms with E-state index in [9.17, 15) is 4.79 Å². The Morgan fingerprint density at radius 2 is 2.00 bits per heavy atom. The number of aryl methyl sites for hydroxylation is 2. The Hall–Kier alpha value is -2.62. The number of imidazole rings is 1. The molecule has 0 saturated carbocycles. The Kier molecular flexibility index (Phi) is 3.22. The number of rotatable bonds is 2. The summed E-state index contributed by atoms with van der Waals surface area (Å²) in [5, 5.41) is 2.98. The number of carbonyl (C=O) groups is 1. The summed E-state index contributed by atoms with van der Waals surface area (Å²) in [5.74, 6) is -0.105. The van der Waals surface area contributed by atoms with Gasteiger partial charge in [-0.05, 0) is 49.2 Å². The van der Waals surface area contributed by atoms with Gasteiger partial charge in [-0.3, -0.25) is 4.79 Å². The number of nitrogens with zero attached hydrogens (tertiary/aromatic N) is 2. The molecule has 0 aliphatic rings. The molecule has 2 aromatic carbocycles. The summed E-state index contributed by atoms with van der Waals surface area (Å²) in [6.45, 7) is 4.04. The van der Waals surface area contributed by atoms with Gasteiger partial charge in [0.15, 0.2) is 0 Å². The van der Waals surface area contributed by atoms with Crippen LogP contribution in [0.4, 0.5) is 5.69 Å². The smallest absolute Gasteiger partial charge is 0.255 e. The van der Waals surface area contributed by atoms with Crippen molar-refractivity contribution < 1.29 is 4.79 Å². The van der Waals surface area contributed by atoms with Crippen LogP contribution in [0.5, 0.6) is 0 Å². The van der Waals surface area contributed by atoms with Crippen molar-refractivity contribution in [1.29, 1.82) is 0 Å². The second-order valence-corrected chi connectivity index (χ2v) is 5.26. The zero-order valence-electron chi connectivity index (χ0n) is 12.3. The molecule has 0 fully saturated rings. The topological polar surface area (TPSA) is 46.9 Å². The molecule has 0 saturated heterocycles. The van der Waals surface area contributed by atoms with Gasteiger partial charge in [0.05, 0.1) is 17.4 Å². The lowest BCUT2D eigenvalue weighted by molar-refractivity contribution is 0.102. The molecule has 0 radical (unpaired) electrons. The predicted octanol–water partition coefficient (Wildman–Crippen LogP) is 3.44. The lowest BCUT2D eigenvalue weighted by Crippen LogP contribution is -2.13. The molecule has 3 rings (SSSR count). The number of amides is 1. The van der Waals surface area contributed by atoms with E-state index in [0.29, 0.717) is 5.56 Å². The molecule has 21 heavy (non-hydrogen) atoms. The third-order valence-electron chi connectivity index (χ3n) is 3.84. The first-order valence-corrected chi connectivity index (χ1v) is 6.85. The van der Waals surface area contributed by atoms with Crippen molar-refractivity contribution in [2.24, 2.45) is 7.05 Å². The van der Waals surface area contributed by atoms with Crippen LogP contribution in [-0.4, -0.2) is 15.5 Å². The highest BCUT2D eigenvalue weighted by Crippen LogP contribution is 2.20. The fourth-order valence-electron chi connectivity index (χ4n) is 2.35. The standard InChI is InChI=1S/C17H17N3O/c1-11-5-4-6-14(12(11)2)19-17(21)13-7-8-15-16(9-13)20(3)10-18-15/h4-10H,1-3H3,(H,19,21). The van der Waals surface area contributed by atoms with Gasteiger partial charge in [-0.15, -0.1) is 0 Å². The zero-order chi connectivity index (χ0) is 15.0. The van der Waals surface area contributed by atoms with E-state index in [1.807, 2.05) is 55.8 Å². The molecule has 1 heterocycles. The maximum Gasteiger partial charge on any atom is 0.255 e. The Labute approximate surface area is 123 Å². The van der Waals surface area contributed by atoms with Gasteiger partial charge in [0, 0.05) is 18.3 Å². The third-order valence-corrected chi connectivity index (χ3v) is 3.84. The highest BCUT2D eigenvalue weighted by Gasteiger charge is 2.10. The summed E-state index contributed by atoms with van der Waals surface area (Å²) in [6, 6.07) is 11.4. The minimum atomic E-state index is -0.105. The third kappa shape index (κ3) is 2.40. The summed E-state index contributed by atoms with van der Waals surface area (Å²) >= 11 is 0. The lowest BCUT2D eigenvalue weighted by atomic mass is 10.1. The second-order valence-electron chi connectivity index (χ2n) is 5.26. The van der Waals surface area contributed by atoms with Gasteiger partial charge in [0.1, 0.15) is 0 Å². The Bertz CT molecular complexity index is 833. The van der Waals surface area contributed by atoms with E-state index in [-0.39, 0.29) is 5.91 Å². The molecule has 3 aromatic rings. The van der Waals surface area contributed by atoms with E-state index in [4.69, 9.17) is 0 Å². The molecule has 4 nitrogen and oxygen atoms in total. The Morgan fingerprint density at radius 1 is 1.19 bits per heavy atom. The van der Waals surface area contributed by atoms with Crippen LogP contribution in [0.3, 0.4) is 0 Å². The minimum absolute atomic E-state index is 0.105. The maximum absolute atomic E-state index is 12.4. The summed E-state index contributed by atoms with van der Waals surface area (Å²) in [5.41, 5.74) is 5.57. The van der Waals surface area contributed by atoms with E-state index in [1.165, 1.54) is 0 Å². The van der Waals surface area contributed by atoms with Crippen molar-refractivity contribution in [1.82, 2.24) is 9.55 Å². The highest BCUT2D eigenvalue weighted by molar-refractivity contribution is 6.06. The van der Waals surface area contributed by atoms with E-state index in [0.717, 1.165) is 27.8 Å². The van der Waals surface area contributed by atoms with Crippen LogP contribution < -0.4 is 5.32 Å². The fraction of sp³-hybridized carbons (Fsp3) is 0.176. The molecule has 0 spiro atoms. The quantitative estimate of drug-likeness (QED) is 0.781. The molecule has 1 aromatic heterocycles. The van der Waals surface area contributed by atoms with Crippen LogP contribution in [0.25, 0.3) is 11.0 Å². The van der Waals surface area contributed by atoms with Crippen LogP contribution in [-0.2, 0) is 7.05 Å². The molecular weight excluding hydrogens is 262 g/mol. The molecule has 4 heteroatoms. The van der Waals surface area contributed by atoms with Crippen molar-refractivity contribution in [2.45, 2.75) is 13.8 Å². The molecule has 0 aliphatic carbocycles. The van der Waals surface area contributed by atoms with Crippen molar-refractivity contribution >= 4 is 22.6 Å². The first kappa shape index (κ1) is 13.4. The largest absolute Gasteiger partial charge is 0.334 e. The van der Waals surface area contributed by atoms with E-state index in [1.54, 1.807) is 12.4 Å². The van der Waals surface area contributed by atoms with E-state index < -0.39 is 0 Å². The van der Waals surface area contributed by atoms with Gasteiger partial charge in [0.25, 0.3) is 5.91 Å². The van der Waals surface area contributed by atoms with Gasteiger partial charge >= 0.3 is 0 Å². The lowest BCUT2D eigenvalue weighted by Gasteiger charge is -2.10. The number of fused-ring (bicyclic) bond motifs is 1. The maximum atomic E-state index is 12.4. The minimum Gasteiger partial charge on any atom is -0.334 e. The molecule has 1 N–H and O–H groups in total. The summed E-state index contributed by atoms with van der Waals surface area (Å²) in [4.78, 5) is 16.7. The summed E-state index contributed by atoms with van der Waals surface area (Å²) in [6.07, 6.45) is 1.75.